The molecule has 4 heteroatoms. The monoisotopic (exact) mass is 307 g/mol. The minimum atomic E-state index is -0.249. The third-order valence-electron chi connectivity index (χ3n) is 3.06. The molecule has 0 radical (unpaired) electrons. The summed E-state index contributed by atoms with van der Waals surface area (Å²) in [6.45, 7) is 4.28. The molecular formula is C17H19ClFNO. The van der Waals surface area contributed by atoms with Crippen molar-refractivity contribution in [2.45, 2.75) is 26.5 Å². The third kappa shape index (κ3) is 5.03. The maximum absolute atomic E-state index is 12.8. The summed E-state index contributed by atoms with van der Waals surface area (Å²) < 4.78 is 18.5. The van der Waals surface area contributed by atoms with Gasteiger partial charge in [-0.05, 0) is 48.4 Å². The summed E-state index contributed by atoms with van der Waals surface area (Å²) in [4.78, 5) is 0. The van der Waals surface area contributed by atoms with Crippen molar-refractivity contribution in [2.75, 3.05) is 6.54 Å². The molecule has 2 aromatic carbocycles. The Kier molecular flexibility index (Phi) is 6.03. The lowest BCUT2D eigenvalue weighted by Crippen LogP contribution is -2.13. The van der Waals surface area contributed by atoms with Gasteiger partial charge in [-0.15, -0.1) is 0 Å². The van der Waals surface area contributed by atoms with Gasteiger partial charge in [-0.2, -0.15) is 0 Å². The molecule has 0 amide bonds. The van der Waals surface area contributed by atoms with Gasteiger partial charge in [0.15, 0.2) is 0 Å². The highest BCUT2D eigenvalue weighted by Gasteiger charge is 2.04. The lowest BCUT2D eigenvalue weighted by atomic mass is 10.2. The molecule has 0 bridgehead atoms. The van der Waals surface area contributed by atoms with Crippen LogP contribution in [0.4, 0.5) is 4.39 Å². The number of rotatable bonds is 7. The molecule has 0 heterocycles. The van der Waals surface area contributed by atoms with E-state index < -0.39 is 0 Å². The molecule has 21 heavy (non-hydrogen) atoms. The van der Waals surface area contributed by atoms with Crippen molar-refractivity contribution in [3.8, 4) is 5.75 Å². The van der Waals surface area contributed by atoms with Crippen molar-refractivity contribution in [3.05, 3.63) is 64.4 Å². The normalized spacial score (nSPS) is 10.6. The van der Waals surface area contributed by atoms with Crippen LogP contribution in [0.1, 0.15) is 24.5 Å². The van der Waals surface area contributed by atoms with Gasteiger partial charge < -0.3 is 10.1 Å². The Labute approximate surface area is 129 Å². The van der Waals surface area contributed by atoms with E-state index in [0.717, 1.165) is 30.6 Å². The van der Waals surface area contributed by atoms with Gasteiger partial charge >= 0.3 is 0 Å². The van der Waals surface area contributed by atoms with Crippen LogP contribution < -0.4 is 10.1 Å². The van der Waals surface area contributed by atoms with Gasteiger partial charge in [0.2, 0.25) is 0 Å². The minimum Gasteiger partial charge on any atom is -0.487 e. The molecule has 0 atom stereocenters. The number of hydrogen-bond donors (Lipinski definition) is 1. The summed E-state index contributed by atoms with van der Waals surface area (Å²) in [6, 6.07) is 12.0. The molecule has 1 N–H and O–H groups in total. The first-order chi connectivity index (χ1) is 10.2. The van der Waals surface area contributed by atoms with Gasteiger partial charge in [0.25, 0.3) is 0 Å². The minimum absolute atomic E-state index is 0.249. The maximum Gasteiger partial charge on any atom is 0.138 e. The zero-order valence-corrected chi connectivity index (χ0v) is 12.8. The van der Waals surface area contributed by atoms with Gasteiger partial charge in [-0.3, -0.25) is 0 Å². The molecule has 2 rings (SSSR count). The molecule has 0 saturated carbocycles. The van der Waals surface area contributed by atoms with E-state index in [2.05, 4.69) is 12.2 Å². The van der Waals surface area contributed by atoms with Crippen LogP contribution in [0, 0.1) is 5.82 Å². The Hall–Kier alpha value is -1.58. The topological polar surface area (TPSA) is 21.3 Å². The maximum atomic E-state index is 12.8. The van der Waals surface area contributed by atoms with Crippen LogP contribution >= 0.6 is 11.6 Å². The van der Waals surface area contributed by atoms with Gasteiger partial charge in [0, 0.05) is 6.54 Å². The van der Waals surface area contributed by atoms with Crippen LogP contribution in [0.25, 0.3) is 0 Å². The molecule has 0 aliphatic heterocycles. The van der Waals surface area contributed by atoms with Gasteiger partial charge in [-0.1, -0.05) is 36.7 Å². The van der Waals surface area contributed by atoms with Gasteiger partial charge in [0.1, 0.15) is 18.2 Å². The summed E-state index contributed by atoms with van der Waals surface area (Å²) in [7, 11) is 0. The average molecular weight is 308 g/mol. The van der Waals surface area contributed by atoms with Crippen molar-refractivity contribution < 1.29 is 9.13 Å². The Balaban J connectivity index is 1.92. The first-order valence-corrected chi connectivity index (χ1v) is 7.43. The number of benzene rings is 2. The summed E-state index contributed by atoms with van der Waals surface area (Å²) >= 11 is 6.22. The molecule has 0 spiro atoms. The Morgan fingerprint density at radius 1 is 1.10 bits per heavy atom. The molecule has 0 aliphatic carbocycles. The number of hydrogen-bond acceptors (Lipinski definition) is 2. The summed E-state index contributed by atoms with van der Waals surface area (Å²) in [6.07, 6.45) is 1.10. The lowest BCUT2D eigenvalue weighted by molar-refractivity contribution is 0.306. The summed E-state index contributed by atoms with van der Waals surface area (Å²) in [5, 5.41) is 3.92. The van der Waals surface area contributed by atoms with E-state index in [0.29, 0.717) is 17.4 Å². The Morgan fingerprint density at radius 3 is 2.48 bits per heavy atom. The third-order valence-corrected chi connectivity index (χ3v) is 3.36. The molecule has 0 aromatic heterocycles. The van der Waals surface area contributed by atoms with Crippen molar-refractivity contribution >= 4 is 11.6 Å². The van der Waals surface area contributed by atoms with Crippen molar-refractivity contribution in [2.24, 2.45) is 0 Å². The zero-order valence-electron chi connectivity index (χ0n) is 12.0. The fourth-order valence-corrected chi connectivity index (χ4v) is 2.18. The molecule has 0 aliphatic rings. The molecule has 2 aromatic rings. The quantitative estimate of drug-likeness (QED) is 0.757. The number of halogens is 2. The smallest absolute Gasteiger partial charge is 0.138 e. The van der Waals surface area contributed by atoms with E-state index in [-0.39, 0.29) is 5.82 Å². The van der Waals surface area contributed by atoms with Crippen molar-refractivity contribution in [1.29, 1.82) is 0 Å². The molecule has 112 valence electrons. The first-order valence-electron chi connectivity index (χ1n) is 7.05. The van der Waals surface area contributed by atoms with E-state index in [4.69, 9.17) is 16.3 Å². The van der Waals surface area contributed by atoms with E-state index >= 15 is 0 Å². The standard InChI is InChI=1S/C17H19ClFNO/c1-2-9-20-11-14-5-8-17(16(18)10-14)21-12-13-3-6-15(19)7-4-13/h3-8,10,20H,2,9,11-12H2,1H3. The average Bonchev–Trinajstić information content (AvgIpc) is 2.48. The predicted molar refractivity (Wildman–Crippen MR) is 84.2 cm³/mol. The number of nitrogens with one attached hydrogen (secondary N) is 1. The molecular weight excluding hydrogens is 289 g/mol. The van der Waals surface area contributed by atoms with Crippen LogP contribution in [-0.4, -0.2) is 6.54 Å². The zero-order chi connectivity index (χ0) is 15.1. The molecule has 0 fully saturated rings. The number of ether oxygens (including phenoxy) is 1. The van der Waals surface area contributed by atoms with Crippen LogP contribution in [0.5, 0.6) is 5.75 Å². The Morgan fingerprint density at radius 2 is 1.81 bits per heavy atom. The highest BCUT2D eigenvalue weighted by molar-refractivity contribution is 6.32. The first kappa shape index (κ1) is 15.8. The fraction of sp³-hybridized carbons (Fsp3) is 0.294. The second-order valence-corrected chi connectivity index (χ2v) is 5.26. The van der Waals surface area contributed by atoms with Crippen LogP contribution in [0.2, 0.25) is 5.02 Å². The van der Waals surface area contributed by atoms with E-state index in [1.807, 2.05) is 18.2 Å². The molecule has 0 saturated heterocycles. The second kappa shape index (κ2) is 8.01. The fourth-order valence-electron chi connectivity index (χ4n) is 1.92. The second-order valence-electron chi connectivity index (χ2n) is 4.86. The van der Waals surface area contributed by atoms with Crippen LogP contribution in [0.3, 0.4) is 0 Å². The summed E-state index contributed by atoms with van der Waals surface area (Å²) in [5.74, 6) is 0.390. The van der Waals surface area contributed by atoms with Crippen LogP contribution in [0.15, 0.2) is 42.5 Å². The van der Waals surface area contributed by atoms with Crippen LogP contribution in [-0.2, 0) is 13.2 Å². The largest absolute Gasteiger partial charge is 0.487 e. The van der Waals surface area contributed by atoms with E-state index in [1.54, 1.807) is 12.1 Å². The van der Waals surface area contributed by atoms with Gasteiger partial charge in [-0.25, -0.2) is 4.39 Å². The highest BCUT2D eigenvalue weighted by Crippen LogP contribution is 2.26. The highest BCUT2D eigenvalue weighted by atomic mass is 35.5. The molecule has 2 nitrogen and oxygen atoms in total. The molecule has 0 unspecified atom stereocenters. The van der Waals surface area contributed by atoms with Crippen molar-refractivity contribution in [1.82, 2.24) is 5.32 Å². The predicted octanol–water partition coefficient (Wildman–Crippen LogP) is 4.56. The lowest BCUT2D eigenvalue weighted by Gasteiger charge is -2.10. The SMILES string of the molecule is CCCNCc1ccc(OCc2ccc(F)cc2)c(Cl)c1. The van der Waals surface area contributed by atoms with E-state index in [1.165, 1.54) is 12.1 Å². The van der Waals surface area contributed by atoms with Gasteiger partial charge in [0.05, 0.1) is 5.02 Å². The Bertz CT molecular complexity index is 572. The van der Waals surface area contributed by atoms with E-state index in [9.17, 15) is 4.39 Å². The van der Waals surface area contributed by atoms with Crippen molar-refractivity contribution in [3.63, 3.8) is 0 Å². The summed E-state index contributed by atoms with van der Waals surface area (Å²) in [5.41, 5.74) is 2.03.